The number of rotatable bonds is 4. The maximum Gasteiger partial charge on any atom is 0.338 e. The summed E-state index contributed by atoms with van der Waals surface area (Å²) < 4.78 is 9.81. The van der Waals surface area contributed by atoms with Crippen molar-refractivity contribution in [3.63, 3.8) is 0 Å². The predicted molar refractivity (Wildman–Crippen MR) is 76.1 cm³/mol. The summed E-state index contributed by atoms with van der Waals surface area (Å²) >= 11 is 0. The number of aromatic nitrogens is 1. The number of anilines is 1. The molecule has 2 rings (SSSR count). The molecule has 1 aromatic heterocycles. The first kappa shape index (κ1) is 14.8. The van der Waals surface area contributed by atoms with Crippen LogP contribution in [0.4, 0.5) is 5.88 Å². The van der Waals surface area contributed by atoms with Gasteiger partial charge in [0.05, 0.1) is 11.3 Å². The first-order chi connectivity index (χ1) is 9.95. The van der Waals surface area contributed by atoms with Crippen LogP contribution in [0.25, 0.3) is 0 Å². The molecule has 1 amide bonds. The molecule has 1 aromatic carbocycles. The molecule has 6 nitrogen and oxygen atoms in total. The number of benzene rings is 1. The molecule has 2 aromatic rings. The Morgan fingerprint density at radius 3 is 2.62 bits per heavy atom. The quantitative estimate of drug-likeness (QED) is 0.874. The molecule has 1 heterocycles. The SMILES string of the molecule is Cc1ccc(C(=O)OCC(=O)Nc2cc(C)no2)c(C)c1. The van der Waals surface area contributed by atoms with E-state index in [0.717, 1.165) is 11.1 Å². The van der Waals surface area contributed by atoms with Crippen molar-refractivity contribution >= 4 is 17.8 Å². The van der Waals surface area contributed by atoms with Crippen molar-refractivity contribution in [3.05, 3.63) is 46.6 Å². The number of nitrogens with one attached hydrogen (secondary N) is 1. The highest BCUT2D eigenvalue weighted by Gasteiger charge is 2.13. The van der Waals surface area contributed by atoms with Crippen LogP contribution in [0.15, 0.2) is 28.8 Å². The number of carbonyl (C=O) groups excluding carboxylic acids is 2. The second kappa shape index (κ2) is 6.21. The van der Waals surface area contributed by atoms with Gasteiger partial charge in [0.2, 0.25) is 5.88 Å². The lowest BCUT2D eigenvalue weighted by atomic mass is 10.1. The maximum atomic E-state index is 11.9. The predicted octanol–water partition coefficient (Wildman–Crippen LogP) is 2.40. The van der Waals surface area contributed by atoms with Gasteiger partial charge in [0, 0.05) is 6.07 Å². The summed E-state index contributed by atoms with van der Waals surface area (Å²) in [4.78, 5) is 23.5. The molecule has 0 spiro atoms. The maximum absolute atomic E-state index is 11.9. The van der Waals surface area contributed by atoms with Crippen LogP contribution in [0.3, 0.4) is 0 Å². The van der Waals surface area contributed by atoms with Crippen molar-refractivity contribution in [1.29, 1.82) is 0 Å². The molecule has 1 N–H and O–H groups in total. The molecule has 110 valence electrons. The van der Waals surface area contributed by atoms with Gasteiger partial charge in [0.1, 0.15) is 0 Å². The van der Waals surface area contributed by atoms with Crippen LogP contribution < -0.4 is 5.32 Å². The third-order valence-corrected chi connectivity index (χ3v) is 2.83. The van der Waals surface area contributed by atoms with Gasteiger partial charge in [-0.25, -0.2) is 4.79 Å². The first-order valence-corrected chi connectivity index (χ1v) is 6.43. The van der Waals surface area contributed by atoms with Crippen LogP contribution in [-0.2, 0) is 9.53 Å². The van der Waals surface area contributed by atoms with Gasteiger partial charge >= 0.3 is 5.97 Å². The molecule has 0 atom stereocenters. The van der Waals surface area contributed by atoms with Crippen LogP contribution in [0.1, 0.15) is 27.2 Å². The van der Waals surface area contributed by atoms with Crippen LogP contribution >= 0.6 is 0 Å². The Hall–Kier alpha value is -2.63. The summed E-state index contributed by atoms with van der Waals surface area (Å²) in [5.41, 5.74) is 2.97. The van der Waals surface area contributed by atoms with Crippen LogP contribution in [0.5, 0.6) is 0 Å². The van der Waals surface area contributed by atoms with E-state index in [9.17, 15) is 9.59 Å². The Balaban J connectivity index is 1.90. The van der Waals surface area contributed by atoms with Gasteiger partial charge in [0.15, 0.2) is 6.61 Å². The van der Waals surface area contributed by atoms with Crippen LogP contribution in [0.2, 0.25) is 0 Å². The van der Waals surface area contributed by atoms with Gasteiger partial charge in [-0.1, -0.05) is 22.9 Å². The molecular formula is C15H16N2O4. The number of ether oxygens (including phenoxy) is 1. The third kappa shape index (κ3) is 3.92. The highest BCUT2D eigenvalue weighted by molar-refractivity contribution is 5.95. The lowest BCUT2D eigenvalue weighted by Crippen LogP contribution is -2.21. The molecule has 0 saturated heterocycles. The Bertz CT molecular complexity index is 676. The van der Waals surface area contributed by atoms with Crippen LogP contribution in [-0.4, -0.2) is 23.6 Å². The highest BCUT2D eigenvalue weighted by Crippen LogP contribution is 2.12. The standard InChI is InChI=1S/C15H16N2O4/c1-9-4-5-12(10(2)6-9)15(19)20-8-13(18)16-14-7-11(3)17-21-14/h4-7H,8H2,1-3H3,(H,16,18). The van der Waals surface area contributed by atoms with E-state index < -0.39 is 11.9 Å². The third-order valence-electron chi connectivity index (χ3n) is 2.83. The molecule has 0 unspecified atom stereocenters. The number of esters is 1. The topological polar surface area (TPSA) is 81.4 Å². The fourth-order valence-electron chi connectivity index (χ4n) is 1.85. The molecular weight excluding hydrogens is 272 g/mol. The number of amides is 1. The van der Waals surface area contributed by atoms with Crippen molar-refractivity contribution < 1.29 is 18.8 Å². The van der Waals surface area contributed by atoms with E-state index in [0.29, 0.717) is 11.3 Å². The van der Waals surface area contributed by atoms with E-state index in [-0.39, 0.29) is 12.5 Å². The summed E-state index contributed by atoms with van der Waals surface area (Å²) in [7, 11) is 0. The fourth-order valence-corrected chi connectivity index (χ4v) is 1.85. The Kier molecular flexibility index (Phi) is 4.37. The number of nitrogens with zero attached hydrogens (tertiary/aromatic N) is 1. The molecule has 0 aliphatic rings. The summed E-state index contributed by atoms with van der Waals surface area (Å²) in [6.07, 6.45) is 0. The lowest BCUT2D eigenvalue weighted by molar-refractivity contribution is -0.119. The van der Waals surface area contributed by atoms with E-state index in [1.807, 2.05) is 26.0 Å². The van der Waals surface area contributed by atoms with Crippen molar-refractivity contribution in [1.82, 2.24) is 5.16 Å². The van der Waals surface area contributed by atoms with Crippen molar-refractivity contribution in [3.8, 4) is 0 Å². The van der Waals surface area contributed by atoms with Crippen molar-refractivity contribution in [2.24, 2.45) is 0 Å². The highest BCUT2D eigenvalue weighted by atomic mass is 16.5. The minimum atomic E-state index is -0.531. The Morgan fingerprint density at radius 1 is 1.24 bits per heavy atom. The molecule has 0 radical (unpaired) electrons. The van der Waals surface area contributed by atoms with Gasteiger partial charge in [-0.2, -0.15) is 0 Å². The molecule has 0 aliphatic carbocycles. The molecule has 0 bridgehead atoms. The Morgan fingerprint density at radius 2 is 2.00 bits per heavy atom. The zero-order valence-corrected chi connectivity index (χ0v) is 12.1. The average molecular weight is 288 g/mol. The average Bonchev–Trinajstić information content (AvgIpc) is 2.81. The first-order valence-electron chi connectivity index (χ1n) is 6.43. The second-order valence-electron chi connectivity index (χ2n) is 4.78. The van der Waals surface area contributed by atoms with E-state index in [1.165, 1.54) is 0 Å². The van der Waals surface area contributed by atoms with Crippen LogP contribution in [0, 0.1) is 20.8 Å². The zero-order valence-electron chi connectivity index (χ0n) is 12.1. The fraction of sp³-hybridized carbons (Fsp3) is 0.267. The van der Waals surface area contributed by atoms with Gasteiger partial charge in [-0.3, -0.25) is 10.1 Å². The van der Waals surface area contributed by atoms with Crippen molar-refractivity contribution in [2.45, 2.75) is 20.8 Å². The van der Waals surface area contributed by atoms with E-state index in [2.05, 4.69) is 10.5 Å². The van der Waals surface area contributed by atoms with E-state index in [4.69, 9.17) is 9.26 Å². The molecule has 0 aliphatic heterocycles. The monoisotopic (exact) mass is 288 g/mol. The summed E-state index contributed by atoms with van der Waals surface area (Å²) in [5.74, 6) is -0.791. The number of aryl methyl sites for hydroxylation is 3. The molecule has 6 heteroatoms. The van der Waals surface area contributed by atoms with Gasteiger partial charge in [0.25, 0.3) is 5.91 Å². The Labute approximate surface area is 122 Å². The summed E-state index contributed by atoms with van der Waals surface area (Å²) in [6.45, 7) is 5.11. The number of hydrogen-bond donors (Lipinski definition) is 1. The smallest absolute Gasteiger partial charge is 0.338 e. The van der Waals surface area contributed by atoms with Gasteiger partial charge < -0.3 is 9.26 Å². The minimum absolute atomic E-state index is 0.222. The van der Waals surface area contributed by atoms with Gasteiger partial charge in [-0.05, 0) is 32.4 Å². The number of hydrogen-bond acceptors (Lipinski definition) is 5. The normalized spacial score (nSPS) is 10.2. The lowest BCUT2D eigenvalue weighted by Gasteiger charge is -2.07. The summed E-state index contributed by atoms with van der Waals surface area (Å²) in [6, 6.07) is 6.96. The largest absolute Gasteiger partial charge is 0.452 e. The molecule has 0 saturated carbocycles. The second-order valence-corrected chi connectivity index (χ2v) is 4.78. The minimum Gasteiger partial charge on any atom is -0.452 e. The number of carbonyl (C=O) groups is 2. The van der Waals surface area contributed by atoms with E-state index >= 15 is 0 Å². The molecule has 21 heavy (non-hydrogen) atoms. The van der Waals surface area contributed by atoms with Gasteiger partial charge in [-0.15, -0.1) is 0 Å². The van der Waals surface area contributed by atoms with E-state index in [1.54, 1.807) is 19.1 Å². The summed E-state index contributed by atoms with van der Waals surface area (Å²) in [5, 5.41) is 6.08. The molecule has 0 fully saturated rings. The zero-order chi connectivity index (χ0) is 15.4. The van der Waals surface area contributed by atoms with Crippen molar-refractivity contribution in [2.75, 3.05) is 11.9 Å².